The number of halogens is 1. The second-order valence-corrected chi connectivity index (χ2v) is 4.18. The van der Waals surface area contributed by atoms with Crippen molar-refractivity contribution in [1.29, 1.82) is 0 Å². The van der Waals surface area contributed by atoms with Crippen LogP contribution in [0, 0.1) is 0 Å². The Kier molecular flexibility index (Phi) is 4.76. The molecular weight excluding hydrogens is 222 g/mol. The summed E-state index contributed by atoms with van der Waals surface area (Å²) in [6, 6.07) is 1.84. The van der Waals surface area contributed by atoms with Gasteiger partial charge in [0.15, 0.2) is 0 Å². The monoisotopic (exact) mass is 231 g/mol. The fourth-order valence-electron chi connectivity index (χ4n) is 0.863. The van der Waals surface area contributed by atoms with Crippen LogP contribution < -0.4 is 0 Å². The molecule has 1 aromatic rings. The molecule has 0 fully saturated rings. The number of carbonyl (C=O) groups is 1. The summed E-state index contributed by atoms with van der Waals surface area (Å²) in [5, 5.41) is 9.05. The van der Waals surface area contributed by atoms with Gasteiger partial charge in [0.2, 0.25) is 0 Å². The molecule has 76 valence electrons. The van der Waals surface area contributed by atoms with Crippen LogP contribution in [0.1, 0.15) is 12.0 Å². The molecule has 0 aliphatic heterocycles. The molecule has 0 atom stereocenters. The van der Waals surface area contributed by atoms with Crippen molar-refractivity contribution in [3.05, 3.63) is 29.0 Å². The maximum absolute atomic E-state index is 10.2. The van der Waals surface area contributed by atoms with Gasteiger partial charge in [0.1, 0.15) is 0 Å². The van der Waals surface area contributed by atoms with E-state index in [0.29, 0.717) is 10.8 Å². The summed E-state index contributed by atoms with van der Waals surface area (Å²) in [5.41, 5.74) is 0.997. The summed E-state index contributed by atoms with van der Waals surface area (Å²) >= 11 is 7.43. The quantitative estimate of drug-likeness (QED) is 0.791. The molecule has 1 rings (SSSR count). The number of rotatable bonds is 5. The number of carboxylic acid groups (broad SMARTS) is 1. The van der Waals surface area contributed by atoms with E-state index in [4.69, 9.17) is 16.7 Å². The van der Waals surface area contributed by atoms with Gasteiger partial charge in [-0.1, -0.05) is 11.6 Å². The highest BCUT2D eigenvalue weighted by atomic mass is 35.5. The minimum absolute atomic E-state index is 0.188. The van der Waals surface area contributed by atoms with Gasteiger partial charge < -0.3 is 5.11 Å². The van der Waals surface area contributed by atoms with Crippen LogP contribution in [0.15, 0.2) is 18.5 Å². The first-order valence-corrected chi connectivity index (χ1v) is 5.61. The van der Waals surface area contributed by atoms with Crippen LogP contribution in [0.5, 0.6) is 0 Å². The van der Waals surface area contributed by atoms with Gasteiger partial charge in [-0.05, 0) is 11.6 Å². The molecule has 1 aromatic heterocycles. The largest absolute Gasteiger partial charge is 0.481 e. The van der Waals surface area contributed by atoms with Gasteiger partial charge in [0.05, 0.1) is 11.4 Å². The maximum Gasteiger partial charge on any atom is 0.304 e. The summed E-state index contributed by atoms with van der Waals surface area (Å²) in [5.74, 6) is 0.570. The first kappa shape index (κ1) is 11.3. The number of thioether (sulfide) groups is 1. The van der Waals surface area contributed by atoms with Crippen molar-refractivity contribution in [2.45, 2.75) is 12.2 Å². The Morgan fingerprint density at radius 3 is 3.07 bits per heavy atom. The third-order valence-electron chi connectivity index (χ3n) is 1.57. The van der Waals surface area contributed by atoms with Crippen LogP contribution in [0.2, 0.25) is 5.02 Å². The molecule has 0 spiro atoms. The normalized spacial score (nSPS) is 10.1. The van der Waals surface area contributed by atoms with E-state index in [1.807, 2.05) is 6.07 Å². The molecule has 5 heteroatoms. The molecule has 0 saturated heterocycles. The number of hydrogen-bond acceptors (Lipinski definition) is 3. The highest BCUT2D eigenvalue weighted by Gasteiger charge is 2.01. The van der Waals surface area contributed by atoms with Crippen molar-refractivity contribution in [3.8, 4) is 0 Å². The SMILES string of the molecule is O=C(O)CCSCc1ccncc1Cl. The lowest BCUT2D eigenvalue weighted by atomic mass is 10.3. The van der Waals surface area contributed by atoms with Gasteiger partial charge in [-0.3, -0.25) is 9.78 Å². The third-order valence-corrected chi connectivity index (χ3v) is 2.92. The van der Waals surface area contributed by atoms with Crippen LogP contribution in [0.25, 0.3) is 0 Å². The van der Waals surface area contributed by atoms with E-state index in [2.05, 4.69) is 4.98 Å². The number of carboxylic acids is 1. The summed E-state index contributed by atoms with van der Waals surface area (Å²) in [7, 11) is 0. The highest BCUT2D eigenvalue weighted by molar-refractivity contribution is 7.98. The molecule has 0 aliphatic rings. The van der Waals surface area contributed by atoms with Crippen LogP contribution >= 0.6 is 23.4 Å². The summed E-state index contributed by atoms with van der Waals surface area (Å²) in [4.78, 5) is 14.1. The van der Waals surface area contributed by atoms with Crippen molar-refractivity contribution in [3.63, 3.8) is 0 Å². The van der Waals surface area contributed by atoms with Crippen LogP contribution in [-0.4, -0.2) is 21.8 Å². The van der Waals surface area contributed by atoms with Gasteiger partial charge in [-0.2, -0.15) is 11.8 Å². The molecule has 0 aromatic carbocycles. The van der Waals surface area contributed by atoms with E-state index >= 15 is 0 Å². The minimum atomic E-state index is -0.765. The van der Waals surface area contributed by atoms with E-state index in [0.717, 1.165) is 11.3 Å². The average molecular weight is 232 g/mol. The Hall–Kier alpha value is -0.740. The van der Waals surface area contributed by atoms with Gasteiger partial charge in [0, 0.05) is 23.9 Å². The average Bonchev–Trinajstić information content (AvgIpc) is 2.15. The Bertz CT molecular complexity index is 319. The third kappa shape index (κ3) is 3.98. The second-order valence-electron chi connectivity index (χ2n) is 2.66. The van der Waals surface area contributed by atoms with Crippen LogP contribution in [0.4, 0.5) is 0 Å². The van der Waals surface area contributed by atoms with E-state index < -0.39 is 5.97 Å². The van der Waals surface area contributed by atoms with Crippen LogP contribution in [0.3, 0.4) is 0 Å². The molecule has 0 radical (unpaired) electrons. The van der Waals surface area contributed by atoms with Gasteiger partial charge in [-0.15, -0.1) is 0 Å². The number of hydrogen-bond donors (Lipinski definition) is 1. The lowest BCUT2D eigenvalue weighted by molar-refractivity contribution is -0.136. The fraction of sp³-hybridized carbons (Fsp3) is 0.333. The summed E-state index contributed by atoms with van der Waals surface area (Å²) < 4.78 is 0. The smallest absolute Gasteiger partial charge is 0.304 e. The Labute approximate surface area is 91.5 Å². The molecule has 0 bridgehead atoms. The topological polar surface area (TPSA) is 50.2 Å². The Balaban J connectivity index is 2.31. The molecule has 0 saturated carbocycles. The second kappa shape index (κ2) is 5.88. The van der Waals surface area contributed by atoms with Gasteiger partial charge in [-0.25, -0.2) is 0 Å². The van der Waals surface area contributed by atoms with E-state index in [9.17, 15) is 4.79 Å². The Morgan fingerprint density at radius 1 is 1.64 bits per heavy atom. The molecule has 0 amide bonds. The van der Waals surface area contributed by atoms with Crippen molar-refractivity contribution in [2.75, 3.05) is 5.75 Å². The van der Waals surface area contributed by atoms with Crippen molar-refractivity contribution in [2.24, 2.45) is 0 Å². The lowest BCUT2D eigenvalue weighted by Gasteiger charge is -2.01. The fourth-order valence-corrected chi connectivity index (χ4v) is 2.06. The zero-order valence-corrected chi connectivity index (χ0v) is 9.01. The molecule has 3 nitrogen and oxygen atoms in total. The predicted molar refractivity (Wildman–Crippen MR) is 57.7 cm³/mol. The van der Waals surface area contributed by atoms with E-state index in [1.165, 1.54) is 0 Å². The van der Waals surface area contributed by atoms with Crippen molar-refractivity contribution in [1.82, 2.24) is 4.98 Å². The van der Waals surface area contributed by atoms with Crippen molar-refractivity contribution >= 4 is 29.3 Å². The standard InChI is InChI=1S/C9H10ClNO2S/c10-8-5-11-3-1-7(8)6-14-4-2-9(12)13/h1,3,5H,2,4,6H2,(H,12,13). The zero-order valence-electron chi connectivity index (χ0n) is 7.44. The van der Waals surface area contributed by atoms with Gasteiger partial charge in [0.25, 0.3) is 0 Å². The molecule has 1 N–H and O–H groups in total. The van der Waals surface area contributed by atoms with Crippen LogP contribution in [-0.2, 0) is 10.5 Å². The highest BCUT2D eigenvalue weighted by Crippen LogP contribution is 2.19. The first-order valence-electron chi connectivity index (χ1n) is 4.08. The number of nitrogens with zero attached hydrogens (tertiary/aromatic N) is 1. The summed E-state index contributed by atoms with van der Waals surface area (Å²) in [6.45, 7) is 0. The van der Waals surface area contributed by atoms with E-state index in [1.54, 1.807) is 24.2 Å². The van der Waals surface area contributed by atoms with Crippen molar-refractivity contribution < 1.29 is 9.90 Å². The van der Waals surface area contributed by atoms with E-state index in [-0.39, 0.29) is 6.42 Å². The minimum Gasteiger partial charge on any atom is -0.481 e. The number of aliphatic carboxylic acids is 1. The summed E-state index contributed by atoms with van der Waals surface area (Å²) in [6.07, 6.45) is 3.46. The molecular formula is C9H10ClNO2S. The predicted octanol–water partition coefficient (Wildman–Crippen LogP) is 2.44. The molecule has 0 unspecified atom stereocenters. The zero-order chi connectivity index (χ0) is 10.4. The molecule has 0 aliphatic carbocycles. The molecule has 14 heavy (non-hydrogen) atoms. The number of aromatic nitrogens is 1. The maximum atomic E-state index is 10.2. The molecule has 1 heterocycles. The first-order chi connectivity index (χ1) is 6.70. The van der Waals surface area contributed by atoms with Gasteiger partial charge >= 0.3 is 5.97 Å². The Morgan fingerprint density at radius 2 is 2.43 bits per heavy atom. The lowest BCUT2D eigenvalue weighted by Crippen LogP contribution is -1.96. The number of pyridine rings is 1.